The molecule has 0 heterocycles. The first kappa shape index (κ1) is 17.2. The molecule has 0 spiro atoms. The van der Waals surface area contributed by atoms with Gasteiger partial charge in [0.15, 0.2) is 0 Å². The summed E-state index contributed by atoms with van der Waals surface area (Å²) < 4.78 is 3.29. The van der Waals surface area contributed by atoms with Crippen LogP contribution in [0.1, 0.15) is 10.4 Å². The third-order valence-corrected chi connectivity index (χ3v) is 5.10. The largest absolute Gasteiger partial charge is 0.302 e. The summed E-state index contributed by atoms with van der Waals surface area (Å²) in [4.78, 5) is 14.6. The van der Waals surface area contributed by atoms with Gasteiger partial charge in [-0.15, -0.1) is 6.58 Å². The molecular weight excluding hydrogens is 603 g/mol. The van der Waals surface area contributed by atoms with E-state index in [1.54, 1.807) is 11.0 Å². The van der Waals surface area contributed by atoms with Crippen LogP contribution in [0.4, 0.5) is 5.69 Å². The molecule has 0 saturated carbocycles. The van der Waals surface area contributed by atoms with E-state index in [0.29, 0.717) is 12.1 Å². The van der Waals surface area contributed by atoms with Gasteiger partial charge in [-0.2, -0.15) is 0 Å². The number of anilines is 1. The predicted molar refractivity (Wildman–Crippen MR) is 113 cm³/mol. The van der Waals surface area contributed by atoms with Gasteiger partial charge in [0.05, 0.1) is 5.69 Å². The molecule has 1 amide bonds. The first-order valence-corrected chi connectivity index (χ1v) is 9.40. The molecule has 2 nitrogen and oxygen atoms in total. The SMILES string of the molecule is C=CCN(C(=O)c1ccccc1)c1c(I)cc(I)cc1I. The maximum absolute atomic E-state index is 12.8. The molecule has 0 atom stereocenters. The van der Waals surface area contributed by atoms with Gasteiger partial charge in [-0.3, -0.25) is 4.79 Å². The molecule has 0 aliphatic carbocycles. The van der Waals surface area contributed by atoms with Gasteiger partial charge in [-0.05, 0) is 92.0 Å². The van der Waals surface area contributed by atoms with E-state index in [4.69, 9.17) is 0 Å². The van der Waals surface area contributed by atoms with Crippen molar-refractivity contribution < 1.29 is 4.79 Å². The highest BCUT2D eigenvalue weighted by Crippen LogP contribution is 2.31. The Morgan fingerprint density at radius 1 is 1.10 bits per heavy atom. The van der Waals surface area contributed by atoms with Gasteiger partial charge in [-0.1, -0.05) is 24.3 Å². The van der Waals surface area contributed by atoms with E-state index >= 15 is 0 Å². The zero-order valence-corrected chi connectivity index (χ0v) is 17.5. The first-order valence-electron chi connectivity index (χ1n) is 6.17. The summed E-state index contributed by atoms with van der Waals surface area (Å²) in [7, 11) is 0. The van der Waals surface area contributed by atoms with E-state index in [0.717, 1.165) is 16.4 Å². The zero-order chi connectivity index (χ0) is 15.4. The van der Waals surface area contributed by atoms with Gasteiger partial charge >= 0.3 is 0 Å². The fourth-order valence-electron chi connectivity index (χ4n) is 1.93. The van der Waals surface area contributed by atoms with Crippen molar-refractivity contribution in [3.05, 3.63) is 71.4 Å². The summed E-state index contributed by atoms with van der Waals surface area (Å²) in [6.07, 6.45) is 1.75. The number of hydrogen-bond acceptors (Lipinski definition) is 1. The van der Waals surface area contributed by atoms with Crippen LogP contribution in [-0.2, 0) is 0 Å². The van der Waals surface area contributed by atoms with E-state index in [-0.39, 0.29) is 5.91 Å². The van der Waals surface area contributed by atoms with E-state index < -0.39 is 0 Å². The minimum absolute atomic E-state index is 0.00691. The number of nitrogens with zero attached hydrogens (tertiary/aromatic N) is 1. The molecule has 0 unspecified atom stereocenters. The Morgan fingerprint density at radius 2 is 1.67 bits per heavy atom. The number of hydrogen-bond donors (Lipinski definition) is 0. The lowest BCUT2D eigenvalue weighted by molar-refractivity contribution is 0.0989. The molecule has 21 heavy (non-hydrogen) atoms. The molecule has 0 aliphatic rings. The highest BCUT2D eigenvalue weighted by atomic mass is 127. The second-order valence-corrected chi connectivity index (χ2v) is 7.86. The molecule has 108 valence electrons. The first-order chi connectivity index (χ1) is 10.0. The second-order valence-electron chi connectivity index (χ2n) is 4.29. The number of carbonyl (C=O) groups excluding carboxylic acids is 1. The quantitative estimate of drug-likeness (QED) is 0.337. The monoisotopic (exact) mass is 615 g/mol. The van der Waals surface area contributed by atoms with E-state index in [1.165, 1.54) is 0 Å². The number of rotatable bonds is 4. The molecule has 0 aliphatic heterocycles. The van der Waals surface area contributed by atoms with Crippen molar-refractivity contribution in [1.82, 2.24) is 0 Å². The topological polar surface area (TPSA) is 20.3 Å². The van der Waals surface area contributed by atoms with Crippen molar-refractivity contribution in [3.8, 4) is 0 Å². The van der Waals surface area contributed by atoms with Crippen molar-refractivity contribution in [2.45, 2.75) is 0 Å². The van der Waals surface area contributed by atoms with Crippen molar-refractivity contribution in [3.63, 3.8) is 0 Å². The van der Waals surface area contributed by atoms with Crippen LogP contribution in [0, 0.1) is 10.7 Å². The normalized spacial score (nSPS) is 10.2. The van der Waals surface area contributed by atoms with Crippen molar-refractivity contribution in [2.75, 3.05) is 11.4 Å². The third-order valence-electron chi connectivity index (χ3n) is 2.83. The second kappa shape index (κ2) is 7.91. The van der Waals surface area contributed by atoms with Crippen LogP contribution in [0.2, 0.25) is 0 Å². The fourth-order valence-corrected chi connectivity index (χ4v) is 6.10. The maximum Gasteiger partial charge on any atom is 0.258 e. The molecule has 0 radical (unpaired) electrons. The summed E-state index contributed by atoms with van der Waals surface area (Å²) >= 11 is 6.85. The van der Waals surface area contributed by atoms with Crippen LogP contribution in [0.25, 0.3) is 0 Å². The van der Waals surface area contributed by atoms with Gasteiger partial charge in [0, 0.05) is 22.8 Å². The van der Waals surface area contributed by atoms with Crippen molar-refractivity contribution in [1.29, 1.82) is 0 Å². The highest BCUT2D eigenvalue weighted by molar-refractivity contribution is 14.1. The molecule has 0 fully saturated rings. The molecule has 0 bridgehead atoms. The Kier molecular flexibility index (Phi) is 6.48. The predicted octanol–water partition coefficient (Wildman–Crippen LogP) is 5.33. The lowest BCUT2D eigenvalue weighted by Gasteiger charge is -2.24. The molecular formula is C16H12I3NO. The average Bonchev–Trinajstić information content (AvgIpc) is 2.45. The van der Waals surface area contributed by atoms with Crippen LogP contribution < -0.4 is 4.90 Å². The highest BCUT2D eigenvalue weighted by Gasteiger charge is 2.21. The molecule has 0 N–H and O–H groups in total. The average molecular weight is 615 g/mol. The van der Waals surface area contributed by atoms with Gasteiger partial charge in [-0.25, -0.2) is 0 Å². The van der Waals surface area contributed by atoms with Crippen molar-refractivity contribution >= 4 is 79.4 Å². The Balaban J connectivity index is 2.50. The Bertz CT molecular complexity index is 647. The molecule has 2 aromatic rings. The standard InChI is InChI=1S/C16H12I3NO/c1-2-8-20(16(21)11-6-4-3-5-7-11)15-13(18)9-12(17)10-14(15)19/h2-7,9-10H,1,8H2. The number of carbonyl (C=O) groups is 1. The minimum Gasteiger partial charge on any atom is -0.302 e. The van der Waals surface area contributed by atoms with Crippen LogP contribution in [-0.4, -0.2) is 12.5 Å². The summed E-state index contributed by atoms with van der Waals surface area (Å²) in [5, 5.41) is 0. The van der Waals surface area contributed by atoms with Crippen LogP contribution in [0.5, 0.6) is 0 Å². The number of halogens is 3. The Labute approximate surface area is 165 Å². The minimum atomic E-state index is -0.00691. The molecule has 0 saturated heterocycles. The molecule has 2 aromatic carbocycles. The van der Waals surface area contributed by atoms with Crippen LogP contribution in [0.3, 0.4) is 0 Å². The molecule has 5 heteroatoms. The fraction of sp³-hybridized carbons (Fsp3) is 0.0625. The third kappa shape index (κ3) is 4.19. The van der Waals surface area contributed by atoms with Gasteiger partial charge in [0.2, 0.25) is 0 Å². The summed E-state index contributed by atoms with van der Waals surface area (Å²) in [5.41, 5.74) is 1.63. The van der Waals surface area contributed by atoms with Gasteiger partial charge in [0.25, 0.3) is 5.91 Å². The Hall–Kier alpha value is -0.160. The molecule has 2 rings (SSSR count). The van der Waals surface area contributed by atoms with Gasteiger partial charge < -0.3 is 4.90 Å². The number of benzene rings is 2. The summed E-state index contributed by atoms with van der Waals surface area (Å²) in [5.74, 6) is -0.00691. The smallest absolute Gasteiger partial charge is 0.258 e. The summed E-state index contributed by atoms with van der Waals surface area (Å²) in [6, 6.07) is 13.5. The lowest BCUT2D eigenvalue weighted by atomic mass is 10.2. The van der Waals surface area contributed by atoms with E-state index in [1.807, 2.05) is 30.3 Å². The zero-order valence-electron chi connectivity index (χ0n) is 11.0. The lowest BCUT2D eigenvalue weighted by Crippen LogP contribution is -2.32. The van der Waals surface area contributed by atoms with E-state index in [9.17, 15) is 4.79 Å². The van der Waals surface area contributed by atoms with Crippen LogP contribution >= 0.6 is 67.8 Å². The number of amides is 1. The van der Waals surface area contributed by atoms with Crippen LogP contribution in [0.15, 0.2) is 55.1 Å². The van der Waals surface area contributed by atoms with Crippen molar-refractivity contribution in [2.24, 2.45) is 0 Å². The molecule has 0 aromatic heterocycles. The Morgan fingerprint density at radius 3 is 2.19 bits per heavy atom. The van der Waals surface area contributed by atoms with E-state index in [2.05, 4.69) is 86.5 Å². The maximum atomic E-state index is 12.8. The van der Waals surface area contributed by atoms with Gasteiger partial charge in [0.1, 0.15) is 0 Å². The summed E-state index contributed by atoms with van der Waals surface area (Å²) in [6.45, 7) is 4.27.